The predicted octanol–water partition coefficient (Wildman–Crippen LogP) is 0.411. The van der Waals surface area contributed by atoms with Crippen LogP contribution in [0.25, 0.3) is 0 Å². The Bertz CT molecular complexity index is 211. The molecule has 0 amide bonds. The minimum atomic E-state index is -0.776. The second kappa shape index (κ2) is 7.28. The molecule has 102 valence electrons. The monoisotopic (exact) mass is 248 g/mol. The number of rotatable bonds is 6. The topological polar surface area (TPSA) is 79.2 Å². The summed E-state index contributed by atoms with van der Waals surface area (Å²) in [7, 11) is 0. The second-order valence-electron chi connectivity index (χ2n) is 4.75. The molecule has 0 aliphatic carbocycles. The van der Waals surface area contributed by atoms with Crippen LogP contribution in [-0.4, -0.2) is 52.6 Å². The molecular formula is C12H24O5. The summed E-state index contributed by atoms with van der Waals surface area (Å²) < 4.78 is 11.0. The van der Waals surface area contributed by atoms with Crippen LogP contribution in [0, 0.1) is 0 Å². The first-order valence-electron chi connectivity index (χ1n) is 6.32. The lowest BCUT2D eigenvalue weighted by Crippen LogP contribution is -2.48. The van der Waals surface area contributed by atoms with E-state index >= 15 is 0 Å². The van der Waals surface area contributed by atoms with Crippen molar-refractivity contribution in [2.75, 3.05) is 6.61 Å². The van der Waals surface area contributed by atoms with E-state index in [1.165, 1.54) is 0 Å². The molecular weight excluding hydrogens is 224 g/mol. The zero-order chi connectivity index (χ0) is 12.8. The molecule has 0 bridgehead atoms. The van der Waals surface area contributed by atoms with E-state index in [0.717, 1.165) is 19.3 Å². The van der Waals surface area contributed by atoms with Crippen molar-refractivity contribution in [2.24, 2.45) is 0 Å². The van der Waals surface area contributed by atoms with Gasteiger partial charge in [-0.1, -0.05) is 0 Å². The smallest absolute Gasteiger partial charge is 0.184 e. The van der Waals surface area contributed by atoms with Gasteiger partial charge in [0.1, 0.15) is 6.10 Å². The van der Waals surface area contributed by atoms with Gasteiger partial charge in [-0.15, -0.1) is 0 Å². The van der Waals surface area contributed by atoms with Crippen LogP contribution >= 0.6 is 0 Å². The highest BCUT2D eigenvalue weighted by molar-refractivity contribution is 4.78. The Balaban J connectivity index is 2.29. The lowest BCUT2D eigenvalue weighted by atomic mass is 10.0. The van der Waals surface area contributed by atoms with Gasteiger partial charge in [0.05, 0.1) is 18.3 Å². The molecule has 1 heterocycles. The highest BCUT2D eigenvalue weighted by Gasteiger charge is 2.35. The molecule has 0 spiro atoms. The molecule has 1 rings (SSSR count). The standard InChI is InChI=1S/C12H24O5/c1-8(5-3-4-6-13)16-12-11(15)7-10(14)9(2)17-12/h8-15H,3-7H2,1-2H3/t8?,9-,10+,11+,12+/m0/s1. The first kappa shape index (κ1) is 14.9. The summed E-state index contributed by atoms with van der Waals surface area (Å²) in [5.41, 5.74) is 0. The maximum atomic E-state index is 9.73. The Labute approximate surface area is 102 Å². The molecule has 0 aromatic heterocycles. The summed E-state index contributed by atoms with van der Waals surface area (Å²) in [5, 5.41) is 27.9. The van der Waals surface area contributed by atoms with Crippen molar-refractivity contribution in [1.82, 2.24) is 0 Å². The fourth-order valence-electron chi connectivity index (χ4n) is 1.91. The van der Waals surface area contributed by atoms with E-state index in [9.17, 15) is 10.2 Å². The summed E-state index contributed by atoms with van der Waals surface area (Å²) >= 11 is 0. The molecule has 1 saturated heterocycles. The van der Waals surface area contributed by atoms with Gasteiger partial charge in [-0.25, -0.2) is 0 Å². The van der Waals surface area contributed by atoms with Crippen LogP contribution in [0.3, 0.4) is 0 Å². The second-order valence-corrected chi connectivity index (χ2v) is 4.75. The third-order valence-corrected chi connectivity index (χ3v) is 3.07. The van der Waals surface area contributed by atoms with Crippen molar-refractivity contribution in [3.8, 4) is 0 Å². The van der Waals surface area contributed by atoms with Gasteiger partial charge in [0.15, 0.2) is 6.29 Å². The number of hydrogen-bond acceptors (Lipinski definition) is 5. The van der Waals surface area contributed by atoms with Crippen molar-refractivity contribution in [3.63, 3.8) is 0 Å². The number of aliphatic hydroxyl groups excluding tert-OH is 3. The van der Waals surface area contributed by atoms with Crippen LogP contribution in [0.15, 0.2) is 0 Å². The highest BCUT2D eigenvalue weighted by atomic mass is 16.7. The number of ether oxygens (including phenoxy) is 2. The molecule has 3 N–H and O–H groups in total. The van der Waals surface area contributed by atoms with Crippen LogP contribution in [0.4, 0.5) is 0 Å². The van der Waals surface area contributed by atoms with E-state index in [1.54, 1.807) is 6.92 Å². The number of aliphatic hydroxyl groups is 3. The molecule has 1 unspecified atom stereocenters. The van der Waals surface area contributed by atoms with Gasteiger partial charge in [-0.05, 0) is 33.1 Å². The van der Waals surface area contributed by atoms with Crippen molar-refractivity contribution >= 4 is 0 Å². The SMILES string of the molecule is CC(CCCCO)O[C@@H]1O[C@@H](C)[C@H](O)C[C@H]1O. The number of hydrogen-bond donors (Lipinski definition) is 3. The van der Waals surface area contributed by atoms with E-state index in [0.29, 0.717) is 0 Å². The summed E-state index contributed by atoms with van der Waals surface area (Å²) in [6, 6.07) is 0. The van der Waals surface area contributed by atoms with Crippen molar-refractivity contribution in [1.29, 1.82) is 0 Å². The van der Waals surface area contributed by atoms with Crippen LogP contribution in [0.5, 0.6) is 0 Å². The number of unbranched alkanes of at least 4 members (excludes halogenated alkanes) is 1. The zero-order valence-electron chi connectivity index (χ0n) is 10.6. The van der Waals surface area contributed by atoms with Crippen molar-refractivity contribution < 1.29 is 24.8 Å². The van der Waals surface area contributed by atoms with E-state index in [4.69, 9.17) is 14.6 Å². The fraction of sp³-hybridized carbons (Fsp3) is 1.00. The zero-order valence-corrected chi connectivity index (χ0v) is 10.6. The molecule has 5 nitrogen and oxygen atoms in total. The van der Waals surface area contributed by atoms with Gasteiger partial charge in [-0.2, -0.15) is 0 Å². The molecule has 17 heavy (non-hydrogen) atoms. The summed E-state index contributed by atoms with van der Waals surface area (Å²) in [6.45, 7) is 3.88. The first-order chi connectivity index (χ1) is 8.04. The van der Waals surface area contributed by atoms with Gasteiger partial charge in [0, 0.05) is 13.0 Å². The molecule has 5 heteroatoms. The molecule has 1 aliphatic heterocycles. The van der Waals surface area contributed by atoms with E-state index in [-0.39, 0.29) is 25.2 Å². The largest absolute Gasteiger partial charge is 0.396 e. The minimum absolute atomic E-state index is 0.0244. The third-order valence-electron chi connectivity index (χ3n) is 3.07. The molecule has 1 aliphatic rings. The van der Waals surface area contributed by atoms with Crippen molar-refractivity contribution in [2.45, 2.75) is 70.2 Å². The lowest BCUT2D eigenvalue weighted by molar-refractivity contribution is -0.273. The van der Waals surface area contributed by atoms with Gasteiger partial charge in [-0.3, -0.25) is 0 Å². The highest BCUT2D eigenvalue weighted by Crippen LogP contribution is 2.22. The maximum Gasteiger partial charge on any atom is 0.184 e. The average molecular weight is 248 g/mol. The summed E-state index contributed by atoms with van der Waals surface area (Å²) in [6.07, 6.45) is 0.361. The minimum Gasteiger partial charge on any atom is -0.396 e. The first-order valence-corrected chi connectivity index (χ1v) is 6.32. The van der Waals surface area contributed by atoms with Crippen molar-refractivity contribution in [3.05, 3.63) is 0 Å². The molecule has 0 aromatic rings. The molecule has 0 aromatic carbocycles. The third kappa shape index (κ3) is 4.89. The van der Waals surface area contributed by atoms with Crippen LogP contribution in [0.1, 0.15) is 39.5 Å². The Morgan fingerprint density at radius 3 is 2.65 bits per heavy atom. The van der Waals surface area contributed by atoms with Crippen LogP contribution < -0.4 is 0 Å². The van der Waals surface area contributed by atoms with Crippen LogP contribution in [0.2, 0.25) is 0 Å². The predicted molar refractivity (Wildman–Crippen MR) is 62.4 cm³/mol. The summed E-state index contributed by atoms with van der Waals surface area (Å²) in [5.74, 6) is 0. The van der Waals surface area contributed by atoms with E-state index in [2.05, 4.69) is 0 Å². The Morgan fingerprint density at radius 2 is 2.00 bits per heavy atom. The molecule has 1 fully saturated rings. The molecule has 0 saturated carbocycles. The van der Waals surface area contributed by atoms with Gasteiger partial charge in [0.2, 0.25) is 0 Å². The summed E-state index contributed by atoms with van der Waals surface area (Å²) in [4.78, 5) is 0. The molecule has 0 radical (unpaired) electrons. The lowest BCUT2D eigenvalue weighted by Gasteiger charge is -2.36. The van der Waals surface area contributed by atoms with Gasteiger partial charge >= 0.3 is 0 Å². The van der Waals surface area contributed by atoms with Gasteiger partial charge in [0.25, 0.3) is 0 Å². The van der Waals surface area contributed by atoms with E-state index in [1.807, 2.05) is 6.92 Å². The van der Waals surface area contributed by atoms with Crippen LogP contribution in [-0.2, 0) is 9.47 Å². The quantitative estimate of drug-likeness (QED) is 0.593. The Hall–Kier alpha value is -0.200. The molecule has 5 atom stereocenters. The maximum absolute atomic E-state index is 9.73. The Kier molecular flexibility index (Phi) is 6.37. The average Bonchev–Trinajstić information content (AvgIpc) is 2.26. The van der Waals surface area contributed by atoms with Gasteiger partial charge < -0.3 is 24.8 Å². The fourth-order valence-corrected chi connectivity index (χ4v) is 1.91. The Morgan fingerprint density at radius 1 is 1.29 bits per heavy atom. The van der Waals surface area contributed by atoms with E-state index < -0.39 is 18.5 Å². The normalized spacial score (nSPS) is 35.8.